The first-order chi connectivity index (χ1) is 13.7. The van der Waals surface area contributed by atoms with E-state index in [1.54, 1.807) is 19.2 Å². The van der Waals surface area contributed by atoms with E-state index in [2.05, 4.69) is 38.0 Å². The zero-order valence-electron chi connectivity index (χ0n) is 15.4. The molecule has 1 saturated heterocycles. The second-order valence-electron chi connectivity index (χ2n) is 6.42. The van der Waals surface area contributed by atoms with Crippen molar-refractivity contribution in [2.24, 2.45) is 5.16 Å². The number of nitrogens with two attached hydrogens (primary N) is 1. The molecule has 2 atom stereocenters. The molecule has 29 heavy (non-hydrogen) atoms. The second-order valence-corrected chi connectivity index (χ2v) is 9.17. The van der Waals surface area contributed by atoms with Gasteiger partial charge in [-0.1, -0.05) is 27.7 Å². The van der Waals surface area contributed by atoms with Crippen molar-refractivity contribution in [2.75, 3.05) is 15.9 Å². The third-order valence-electron chi connectivity index (χ3n) is 4.03. The Morgan fingerprint density at radius 2 is 2.28 bits per heavy atom. The van der Waals surface area contributed by atoms with Crippen molar-refractivity contribution in [3.05, 3.63) is 22.3 Å². The van der Waals surface area contributed by atoms with Crippen LogP contribution in [0.1, 0.15) is 19.5 Å². The summed E-state index contributed by atoms with van der Waals surface area (Å²) in [6, 6.07) is -0.863. The maximum absolute atomic E-state index is 12.8. The van der Waals surface area contributed by atoms with Crippen LogP contribution in [0.15, 0.2) is 21.8 Å². The number of nitrogens with one attached hydrogen (secondary N) is 1. The molecule has 1 aromatic heterocycles. The molecule has 2 aliphatic rings. The molecule has 156 valence electrons. The lowest BCUT2D eigenvalue weighted by atomic mass is 10.0. The van der Waals surface area contributed by atoms with Gasteiger partial charge < -0.3 is 21.0 Å². The van der Waals surface area contributed by atoms with Crippen LogP contribution in [0.5, 0.6) is 0 Å². The quantitative estimate of drug-likeness (QED) is 0.150. The summed E-state index contributed by atoms with van der Waals surface area (Å²) < 4.78 is 0.508. The predicted octanol–water partition coefficient (Wildman–Crippen LogP) is 1.03. The number of amides is 2. The van der Waals surface area contributed by atoms with E-state index >= 15 is 0 Å². The Morgan fingerprint density at radius 3 is 2.83 bits per heavy atom. The molecule has 0 aliphatic carbocycles. The molecule has 10 nitrogen and oxygen atoms in total. The highest BCUT2D eigenvalue weighted by Gasteiger charge is 2.54. The zero-order valence-corrected chi connectivity index (χ0v) is 19.2. The average molecular weight is 551 g/mol. The number of rotatable bonds is 7. The third-order valence-corrected chi connectivity index (χ3v) is 6.97. The number of nitrogens with zero attached hydrogens (tertiary/aromatic N) is 3. The smallest absolute Gasteiger partial charge is 0.352 e. The van der Waals surface area contributed by atoms with Crippen molar-refractivity contribution in [2.45, 2.75) is 31.4 Å². The number of carboxylic acids is 1. The van der Waals surface area contributed by atoms with Crippen LogP contribution in [-0.4, -0.2) is 66.2 Å². The number of thiazole rings is 1. The summed E-state index contributed by atoms with van der Waals surface area (Å²) in [4.78, 5) is 47.6. The van der Waals surface area contributed by atoms with E-state index in [0.29, 0.717) is 15.8 Å². The number of oxime groups is 1. The molecule has 2 aliphatic heterocycles. The minimum absolute atomic E-state index is 0.00274. The number of halogens is 1. The number of thioether (sulfide) groups is 1. The number of anilines is 1. The Bertz CT molecular complexity index is 915. The molecule has 2 amide bonds. The van der Waals surface area contributed by atoms with Crippen molar-refractivity contribution >= 4 is 74.3 Å². The lowest BCUT2D eigenvalue weighted by Crippen LogP contribution is -2.71. The molecule has 0 saturated carbocycles. The number of hydrogen-bond donors (Lipinski definition) is 3. The second kappa shape index (κ2) is 8.87. The monoisotopic (exact) mass is 551 g/mol. The number of fused-ring (bicyclic) bond motifs is 1. The van der Waals surface area contributed by atoms with Gasteiger partial charge in [0.15, 0.2) is 10.8 Å². The first-order valence-corrected chi connectivity index (χ1v) is 11.9. The summed E-state index contributed by atoms with van der Waals surface area (Å²) in [5, 5.41) is 17.4. The zero-order chi connectivity index (χ0) is 21.3. The van der Waals surface area contributed by atoms with Crippen LogP contribution < -0.4 is 11.1 Å². The lowest BCUT2D eigenvalue weighted by molar-refractivity contribution is -0.150. The Morgan fingerprint density at radius 1 is 1.55 bits per heavy atom. The number of alkyl halides is 1. The van der Waals surface area contributed by atoms with E-state index in [4.69, 9.17) is 10.6 Å². The molecule has 4 N–H and O–H groups in total. The van der Waals surface area contributed by atoms with Crippen molar-refractivity contribution in [3.63, 3.8) is 0 Å². The molecule has 1 unspecified atom stereocenters. The van der Waals surface area contributed by atoms with Gasteiger partial charge >= 0.3 is 5.97 Å². The summed E-state index contributed by atoms with van der Waals surface area (Å²) in [7, 11) is 0. The maximum Gasteiger partial charge on any atom is 0.352 e. The van der Waals surface area contributed by atoms with E-state index in [1.807, 2.05) is 0 Å². The third kappa shape index (κ3) is 4.35. The summed E-state index contributed by atoms with van der Waals surface area (Å²) in [5.41, 5.74) is 6.47. The number of carbonyl (C=O) groups is 3. The number of hydrogen-bond acceptors (Lipinski definition) is 9. The van der Waals surface area contributed by atoms with E-state index in [9.17, 15) is 19.5 Å². The molecule has 13 heteroatoms. The molecular weight excluding hydrogens is 533 g/mol. The standard InChI is InChI=1S/C16H18IN5O5S2/c1-6(2)27-21-9(8-5-29-16(18)19-8)12(23)20-10-13(24)22-11(15(25)26)7(3-17)4-28-14(10)22/h5-6,10,14H,3-4H2,1-2H3,(H2,18,19)(H,20,23)(H,25,26)/t10?,14-/m0/s1. The highest BCUT2D eigenvalue weighted by atomic mass is 127. The van der Waals surface area contributed by atoms with Gasteiger partial charge in [0.25, 0.3) is 11.8 Å². The first-order valence-electron chi connectivity index (χ1n) is 8.46. The van der Waals surface area contributed by atoms with Gasteiger partial charge in [-0.2, -0.15) is 0 Å². The van der Waals surface area contributed by atoms with Crippen LogP contribution in [0, 0.1) is 0 Å². The van der Waals surface area contributed by atoms with Crippen LogP contribution >= 0.6 is 45.7 Å². The van der Waals surface area contributed by atoms with Crippen LogP contribution in [0.3, 0.4) is 0 Å². The van der Waals surface area contributed by atoms with E-state index in [0.717, 1.165) is 11.3 Å². The number of carboxylic acid groups (broad SMARTS) is 1. The fraction of sp³-hybridized carbons (Fsp3) is 0.438. The molecular formula is C16H18IN5O5S2. The molecule has 3 heterocycles. The maximum atomic E-state index is 12.8. The van der Waals surface area contributed by atoms with E-state index < -0.39 is 29.2 Å². The summed E-state index contributed by atoms with van der Waals surface area (Å²) in [5.74, 6) is -1.79. The van der Waals surface area contributed by atoms with Crippen LogP contribution in [-0.2, 0) is 19.2 Å². The number of nitrogen functional groups attached to an aromatic ring is 1. The van der Waals surface area contributed by atoms with Gasteiger partial charge in [0.2, 0.25) is 0 Å². The molecule has 1 fully saturated rings. The SMILES string of the molecule is CC(C)ON=C(C(=O)NC1C(=O)N2C(C(=O)O)=C(CI)CS[C@@H]12)c1csc(N)n1. The first kappa shape index (κ1) is 21.8. The molecule has 0 aromatic carbocycles. The van der Waals surface area contributed by atoms with Gasteiger partial charge in [0.05, 0.1) is 0 Å². The van der Waals surface area contributed by atoms with Crippen molar-refractivity contribution < 1.29 is 24.3 Å². The van der Waals surface area contributed by atoms with Gasteiger partial charge in [-0.15, -0.1) is 23.1 Å². The van der Waals surface area contributed by atoms with Crippen LogP contribution in [0.2, 0.25) is 0 Å². The van der Waals surface area contributed by atoms with Crippen LogP contribution in [0.4, 0.5) is 5.13 Å². The highest BCUT2D eigenvalue weighted by Crippen LogP contribution is 2.40. The normalized spacial score (nSPS) is 21.7. The number of carbonyl (C=O) groups excluding carboxylic acids is 2. The fourth-order valence-corrected chi connectivity index (χ4v) is 5.65. The van der Waals surface area contributed by atoms with E-state index in [1.165, 1.54) is 16.7 Å². The fourth-order valence-electron chi connectivity index (χ4n) is 2.75. The van der Waals surface area contributed by atoms with E-state index in [-0.39, 0.29) is 28.3 Å². The Hall–Kier alpha value is -1.87. The molecule has 3 rings (SSSR count). The molecule has 0 radical (unpaired) electrons. The van der Waals surface area contributed by atoms with Crippen molar-refractivity contribution in [1.29, 1.82) is 0 Å². The van der Waals surface area contributed by atoms with Gasteiger partial charge in [-0.25, -0.2) is 9.78 Å². The average Bonchev–Trinajstić information content (AvgIpc) is 3.10. The lowest BCUT2D eigenvalue weighted by Gasteiger charge is -2.49. The largest absolute Gasteiger partial charge is 0.477 e. The number of aromatic nitrogens is 1. The summed E-state index contributed by atoms with van der Waals surface area (Å²) in [6.07, 6.45) is -0.265. The Labute approximate surface area is 188 Å². The molecule has 0 bridgehead atoms. The number of β-lactam (4-membered cyclic amide) rings is 1. The van der Waals surface area contributed by atoms with Crippen molar-refractivity contribution in [1.82, 2.24) is 15.2 Å². The highest BCUT2D eigenvalue weighted by molar-refractivity contribution is 14.1. The topological polar surface area (TPSA) is 147 Å². The number of aliphatic carboxylic acids is 1. The Balaban J connectivity index is 1.80. The Kier molecular flexibility index (Phi) is 6.68. The van der Waals surface area contributed by atoms with Crippen LogP contribution in [0.25, 0.3) is 0 Å². The van der Waals surface area contributed by atoms with Crippen molar-refractivity contribution in [3.8, 4) is 0 Å². The predicted molar refractivity (Wildman–Crippen MR) is 118 cm³/mol. The summed E-state index contributed by atoms with van der Waals surface area (Å²) >= 11 is 4.63. The van der Waals surface area contributed by atoms with Gasteiger partial charge in [-0.05, 0) is 19.4 Å². The molecule has 0 spiro atoms. The minimum atomic E-state index is -1.15. The van der Waals surface area contributed by atoms with Gasteiger partial charge in [0.1, 0.15) is 28.9 Å². The summed E-state index contributed by atoms with van der Waals surface area (Å²) in [6.45, 7) is 3.51. The van der Waals surface area contributed by atoms with Gasteiger partial charge in [0, 0.05) is 15.6 Å². The van der Waals surface area contributed by atoms with Gasteiger partial charge in [-0.3, -0.25) is 14.5 Å². The molecule has 1 aromatic rings. The minimum Gasteiger partial charge on any atom is -0.477 e.